The van der Waals surface area contributed by atoms with E-state index in [1.54, 1.807) is 18.3 Å². The third kappa shape index (κ3) is 3.28. The van der Waals surface area contributed by atoms with Gasteiger partial charge in [-0.25, -0.2) is 15.0 Å². The van der Waals surface area contributed by atoms with Crippen molar-refractivity contribution in [2.45, 2.75) is 18.8 Å². The van der Waals surface area contributed by atoms with E-state index >= 15 is 0 Å². The topological polar surface area (TPSA) is 87.1 Å². The molecule has 0 aliphatic carbocycles. The van der Waals surface area contributed by atoms with Crippen LogP contribution in [-0.4, -0.2) is 28.2 Å². The molecule has 6 nitrogen and oxygen atoms in total. The highest BCUT2D eigenvalue weighted by atomic mass is 35.5. The maximum atomic E-state index is 6.43. The summed E-state index contributed by atoms with van der Waals surface area (Å²) in [5.74, 6) is 1.34. The van der Waals surface area contributed by atoms with Gasteiger partial charge in [-0.1, -0.05) is 23.7 Å². The Hall–Kier alpha value is -2.15. The van der Waals surface area contributed by atoms with Crippen molar-refractivity contribution in [3.05, 3.63) is 46.7 Å². The zero-order chi connectivity index (χ0) is 18.1. The van der Waals surface area contributed by atoms with Crippen molar-refractivity contribution >= 4 is 28.9 Å². The van der Waals surface area contributed by atoms with Gasteiger partial charge in [-0.3, -0.25) is 0 Å². The standard InChI is InChI=1S/C18H16Cl2N4O2/c19-14-11(2-1-3-12(14)21)15-16(13-4-7-22-18(20)23-13)26-17(24-15)10-5-8-25-9-6-10/h1-4,7,10H,5-6,8-9,21H2. The summed E-state index contributed by atoms with van der Waals surface area (Å²) in [4.78, 5) is 12.9. The SMILES string of the molecule is Nc1cccc(-c2nc(C3CCOCC3)oc2-c2ccnc(Cl)n2)c1Cl. The first-order valence-electron chi connectivity index (χ1n) is 8.25. The molecule has 0 bridgehead atoms. The van der Waals surface area contributed by atoms with Crippen LogP contribution in [0.5, 0.6) is 0 Å². The second kappa shape index (κ2) is 7.23. The number of rotatable bonds is 3. The summed E-state index contributed by atoms with van der Waals surface area (Å²) in [6.07, 6.45) is 3.29. The Kier molecular flexibility index (Phi) is 4.80. The molecule has 4 rings (SSSR count). The number of hydrogen-bond acceptors (Lipinski definition) is 6. The molecule has 3 heterocycles. The van der Waals surface area contributed by atoms with Crippen LogP contribution in [0.15, 0.2) is 34.9 Å². The fraction of sp³-hybridized carbons (Fsp3) is 0.278. The third-order valence-corrected chi connectivity index (χ3v) is 4.96. The lowest BCUT2D eigenvalue weighted by atomic mass is 10.0. The Morgan fingerprint density at radius 1 is 1.08 bits per heavy atom. The van der Waals surface area contributed by atoms with Crippen molar-refractivity contribution in [3.8, 4) is 22.7 Å². The lowest BCUT2D eigenvalue weighted by Crippen LogP contribution is -2.14. The number of nitrogen functional groups attached to an aromatic ring is 1. The number of benzene rings is 1. The quantitative estimate of drug-likeness (QED) is 0.519. The number of oxazole rings is 1. The van der Waals surface area contributed by atoms with Crippen molar-refractivity contribution in [2.24, 2.45) is 0 Å². The van der Waals surface area contributed by atoms with Crippen molar-refractivity contribution in [2.75, 3.05) is 18.9 Å². The second-order valence-corrected chi connectivity index (χ2v) is 6.75. The molecule has 1 aliphatic rings. The number of hydrogen-bond donors (Lipinski definition) is 1. The van der Waals surface area contributed by atoms with Crippen LogP contribution in [0.4, 0.5) is 5.69 Å². The fourth-order valence-electron chi connectivity index (χ4n) is 3.01. The molecule has 8 heteroatoms. The lowest BCUT2D eigenvalue weighted by molar-refractivity contribution is 0.0796. The highest BCUT2D eigenvalue weighted by Gasteiger charge is 2.26. The van der Waals surface area contributed by atoms with Gasteiger partial charge >= 0.3 is 0 Å². The van der Waals surface area contributed by atoms with E-state index in [1.807, 2.05) is 12.1 Å². The van der Waals surface area contributed by atoms with Crippen LogP contribution in [-0.2, 0) is 4.74 Å². The van der Waals surface area contributed by atoms with E-state index in [0.29, 0.717) is 52.5 Å². The Morgan fingerprint density at radius 2 is 1.88 bits per heavy atom. The van der Waals surface area contributed by atoms with Crippen molar-refractivity contribution in [1.82, 2.24) is 15.0 Å². The summed E-state index contributed by atoms with van der Waals surface area (Å²) in [5.41, 5.74) is 8.28. The molecule has 1 aliphatic heterocycles. The summed E-state index contributed by atoms with van der Waals surface area (Å²) in [7, 11) is 0. The maximum Gasteiger partial charge on any atom is 0.222 e. The van der Waals surface area contributed by atoms with Crippen LogP contribution in [0, 0.1) is 0 Å². The molecule has 1 saturated heterocycles. The summed E-state index contributed by atoms with van der Waals surface area (Å²) < 4.78 is 11.6. The summed E-state index contributed by atoms with van der Waals surface area (Å²) in [6, 6.07) is 7.16. The smallest absolute Gasteiger partial charge is 0.222 e. The van der Waals surface area contributed by atoms with E-state index < -0.39 is 0 Å². The van der Waals surface area contributed by atoms with E-state index in [1.165, 1.54) is 0 Å². The fourth-order valence-corrected chi connectivity index (χ4v) is 3.37. The van der Waals surface area contributed by atoms with Gasteiger partial charge in [-0.2, -0.15) is 0 Å². The number of halogens is 2. The zero-order valence-corrected chi connectivity index (χ0v) is 15.3. The van der Waals surface area contributed by atoms with Gasteiger partial charge in [0.2, 0.25) is 5.28 Å². The van der Waals surface area contributed by atoms with Gasteiger partial charge in [0, 0.05) is 30.9 Å². The highest BCUT2D eigenvalue weighted by molar-refractivity contribution is 6.35. The van der Waals surface area contributed by atoms with Crippen LogP contribution in [0.25, 0.3) is 22.7 Å². The zero-order valence-electron chi connectivity index (χ0n) is 13.8. The Balaban J connectivity index is 1.87. The molecule has 0 amide bonds. The number of nitrogens with two attached hydrogens (primary N) is 1. The minimum absolute atomic E-state index is 0.135. The van der Waals surface area contributed by atoms with E-state index in [-0.39, 0.29) is 11.2 Å². The molecular formula is C18H16Cl2N4O2. The molecule has 2 N–H and O–H groups in total. The largest absolute Gasteiger partial charge is 0.438 e. The molecule has 0 atom stereocenters. The summed E-state index contributed by atoms with van der Waals surface area (Å²) in [5, 5.41) is 0.567. The predicted molar refractivity (Wildman–Crippen MR) is 100 cm³/mol. The molecule has 0 spiro atoms. The first-order valence-corrected chi connectivity index (χ1v) is 9.01. The number of anilines is 1. The molecular weight excluding hydrogens is 375 g/mol. The molecule has 0 radical (unpaired) electrons. The highest BCUT2D eigenvalue weighted by Crippen LogP contribution is 2.40. The van der Waals surface area contributed by atoms with Gasteiger partial charge in [-0.05, 0) is 36.6 Å². The van der Waals surface area contributed by atoms with Crippen LogP contribution in [0.3, 0.4) is 0 Å². The van der Waals surface area contributed by atoms with Gasteiger partial charge in [0.25, 0.3) is 0 Å². The van der Waals surface area contributed by atoms with Crippen LogP contribution >= 0.6 is 23.2 Å². The van der Waals surface area contributed by atoms with Crippen LogP contribution in [0.1, 0.15) is 24.7 Å². The van der Waals surface area contributed by atoms with E-state index in [9.17, 15) is 0 Å². The van der Waals surface area contributed by atoms with Gasteiger partial charge in [0.1, 0.15) is 11.4 Å². The Labute approximate surface area is 160 Å². The van der Waals surface area contributed by atoms with E-state index in [2.05, 4.69) is 9.97 Å². The summed E-state index contributed by atoms with van der Waals surface area (Å²) >= 11 is 12.4. The number of aromatic nitrogens is 3. The number of ether oxygens (including phenoxy) is 1. The van der Waals surface area contributed by atoms with Crippen molar-refractivity contribution < 1.29 is 9.15 Å². The molecule has 26 heavy (non-hydrogen) atoms. The second-order valence-electron chi connectivity index (χ2n) is 6.04. The number of nitrogens with zero attached hydrogens (tertiary/aromatic N) is 3. The molecule has 2 aromatic heterocycles. The van der Waals surface area contributed by atoms with Gasteiger partial charge in [0.05, 0.1) is 10.7 Å². The van der Waals surface area contributed by atoms with E-state index in [0.717, 1.165) is 12.8 Å². The van der Waals surface area contributed by atoms with E-state index in [4.69, 9.17) is 43.1 Å². The molecule has 1 fully saturated rings. The normalized spacial score (nSPS) is 15.3. The Bertz CT molecular complexity index is 939. The monoisotopic (exact) mass is 390 g/mol. The minimum atomic E-state index is 0.135. The minimum Gasteiger partial charge on any atom is -0.438 e. The first-order chi connectivity index (χ1) is 12.6. The van der Waals surface area contributed by atoms with Gasteiger partial charge in [-0.15, -0.1) is 0 Å². The molecule has 1 aromatic carbocycles. The maximum absolute atomic E-state index is 6.43. The molecule has 0 unspecified atom stereocenters. The van der Waals surface area contributed by atoms with Crippen LogP contribution in [0.2, 0.25) is 10.3 Å². The summed E-state index contributed by atoms with van der Waals surface area (Å²) in [6.45, 7) is 1.38. The third-order valence-electron chi connectivity index (χ3n) is 4.36. The molecule has 0 saturated carbocycles. The average molecular weight is 391 g/mol. The van der Waals surface area contributed by atoms with Crippen molar-refractivity contribution in [3.63, 3.8) is 0 Å². The predicted octanol–water partition coefficient (Wildman–Crippen LogP) is 4.58. The molecule has 3 aromatic rings. The van der Waals surface area contributed by atoms with Gasteiger partial charge in [0.15, 0.2) is 11.7 Å². The molecule has 134 valence electrons. The van der Waals surface area contributed by atoms with Crippen LogP contribution < -0.4 is 5.73 Å². The Morgan fingerprint density at radius 3 is 2.65 bits per heavy atom. The van der Waals surface area contributed by atoms with Crippen molar-refractivity contribution in [1.29, 1.82) is 0 Å². The first kappa shape index (κ1) is 17.3. The van der Waals surface area contributed by atoms with Gasteiger partial charge < -0.3 is 14.9 Å². The average Bonchev–Trinajstić information content (AvgIpc) is 3.10. The lowest BCUT2D eigenvalue weighted by Gasteiger charge is -2.18.